The zero-order chi connectivity index (χ0) is 12.6. The van der Waals surface area contributed by atoms with Gasteiger partial charge in [-0.25, -0.2) is 4.79 Å². The molecule has 0 aromatic rings. The monoisotopic (exact) mass is 228 g/mol. The molecule has 1 N–H and O–H groups in total. The Morgan fingerprint density at radius 1 is 1.50 bits per heavy atom. The number of rotatable bonds is 6. The van der Waals surface area contributed by atoms with Gasteiger partial charge in [-0.2, -0.15) is 0 Å². The second-order valence-electron chi connectivity index (χ2n) is 3.53. The SMILES string of the molecule is C#COC(=O)C(C)(O)CC(=O)OCCCC. The predicted molar refractivity (Wildman–Crippen MR) is 56.0 cm³/mol. The van der Waals surface area contributed by atoms with Crippen LogP contribution in [0.2, 0.25) is 0 Å². The maximum atomic E-state index is 11.2. The Balaban J connectivity index is 4.10. The molecule has 0 aliphatic carbocycles. The molecular formula is C11H16O5. The van der Waals surface area contributed by atoms with Gasteiger partial charge in [-0.1, -0.05) is 19.8 Å². The average Bonchev–Trinajstić information content (AvgIpc) is 2.17. The van der Waals surface area contributed by atoms with Crippen LogP contribution in [0.3, 0.4) is 0 Å². The van der Waals surface area contributed by atoms with E-state index >= 15 is 0 Å². The van der Waals surface area contributed by atoms with E-state index in [0.29, 0.717) is 0 Å². The standard InChI is InChI=1S/C11H16O5/c1-4-6-7-16-9(12)8-11(3,14)10(13)15-5-2/h2,14H,4,6-8H2,1,3H3. The van der Waals surface area contributed by atoms with Gasteiger partial charge in [-0.05, 0) is 13.3 Å². The van der Waals surface area contributed by atoms with Crippen LogP contribution in [0.1, 0.15) is 33.1 Å². The van der Waals surface area contributed by atoms with Crippen LogP contribution in [0.4, 0.5) is 0 Å². The van der Waals surface area contributed by atoms with Crippen molar-refractivity contribution >= 4 is 11.9 Å². The lowest BCUT2D eigenvalue weighted by Gasteiger charge is -2.17. The third-order valence-electron chi connectivity index (χ3n) is 1.84. The van der Waals surface area contributed by atoms with Crippen molar-refractivity contribution in [3.05, 3.63) is 0 Å². The van der Waals surface area contributed by atoms with Crippen molar-refractivity contribution in [3.63, 3.8) is 0 Å². The lowest BCUT2D eigenvalue weighted by atomic mass is 10.0. The van der Waals surface area contributed by atoms with Crippen molar-refractivity contribution in [1.82, 2.24) is 0 Å². The van der Waals surface area contributed by atoms with Gasteiger partial charge in [0.2, 0.25) is 0 Å². The van der Waals surface area contributed by atoms with Crippen molar-refractivity contribution in [1.29, 1.82) is 0 Å². The van der Waals surface area contributed by atoms with Gasteiger partial charge in [0.25, 0.3) is 0 Å². The van der Waals surface area contributed by atoms with Crippen LogP contribution in [0, 0.1) is 12.5 Å². The Morgan fingerprint density at radius 2 is 2.12 bits per heavy atom. The first kappa shape index (κ1) is 14.5. The largest absolute Gasteiger partial charge is 0.466 e. The summed E-state index contributed by atoms with van der Waals surface area (Å²) in [6.07, 6.45) is 7.53. The Bertz CT molecular complexity index is 287. The number of carbonyl (C=O) groups excluding carboxylic acids is 2. The van der Waals surface area contributed by atoms with E-state index in [2.05, 4.69) is 4.74 Å². The molecule has 0 heterocycles. The molecule has 1 unspecified atom stereocenters. The van der Waals surface area contributed by atoms with Gasteiger partial charge in [0.1, 0.15) is 6.11 Å². The first-order chi connectivity index (χ1) is 7.44. The fraction of sp³-hybridized carbons (Fsp3) is 0.636. The van der Waals surface area contributed by atoms with Gasteiger partial charge in [0.05, 0.1) is 13.0 Å². The number of terminal acetylenes is 1. The van der Waals surface area contributed by atoms with Gasteiger partial charge in [0.15, 0.2) is 5.60 Å². The Hall–Kier alpha value is -1.54. The minimum absolute atomic E-state index is 0.273. The highest BCUT2D eigenvalue weighted by Gasteiger charge is 2.35. The number of carbonyl (C=O) groups is 2. The van der Waals surface area contributed by atoms with Crippen molar-refractivity contribution in [2.45, 2.75) is 38.7 Å². The lowest BCUT2D eigenvalue weighted by molar-refractivity contribution is -0.165. The van der Waals surface area contributed by atoms with Crippen molar-refractivity contribution in [2.24, 2.45) is 0 Å². The highest BCUT2D eigenvalue weighted by Crippen LogP contribution is 2.12. The third kappa shape index (κ3) is 5.37. The van der Waals surface area contributed by atoms with Crippen LogP contribution in [-0.2, 0) is 19.1 Å². The molecule has 1 atom stereocenters. The van der Waals surface area contributed by atoms with E-state index < -0.39 is 24.0 Å². The van der Waals surface area contributed by atoms with Gasteiger partial charge < -0.3 is 14.6 Å². The molecule has 0 aliphatic heterocycles. The van der Waals surface area contributed by atoms with Crippen LogP contribution in [0.25, 0.3) is 0 Å². The molecule has 0 saturated carbocycles. The summed E-state index contributed by atoms with van der Waals surface area (Å²) in [5.74, 6) is -1.70. The number of hydrogen-bond acceptors (Lipinski definition) is 5. The van der Waals surface area contributed by atoms with Gasteiger partial charge in [-0.3, -0.25) is 4.79 Å². The average molecular weight is 228 g/mol. The molecule has 0 saturated heterocycles. The van der Waals surface area contributed by atoms with Crippen LogP contribution in [-0.4, -0.2) is 29.3 Å². The lowest BCUT2D eigenvalue weighted by Crippen LogP contribution is -2.38. The van der Waals surface area contributed by atoms with Crippen LogP contribution in [0.15, 0.2) is 0 Å². The summed E-state index contributed by atoms with van der Waals surface area (Å²) in [5, 5.41) is 9.57. The normalized spacial score (nSPS) is 13.4. The van der Waals surface area contributed by atoms with E-state index in [4.69, 9.17) is 11.2 Å². The summed E-state index contributed by atoms with van der Waals surface area (Å²) in [6.45, 7) is 3.37. The van der Waals surface area contributed by atoms with Crippen molar-refractivity contribution < 1.29 is 24.2 Å². The van der Waals surface area contributed by atoms with Crippen LogP contribution < -0.4 is 0 Å². The zero-order valence-electron chi connectivity index (χ0n) is 9.49. The van der Waals surface area contributed by atoms with E-state index in [-0.39, 0.29) is 6.61 Å². The van der Waals surface area contributed by atoms with Crippen molar-refractivity contribution in [3.8, 4) is 12.5 Å². The minimum Gasteiger partial charge on any atom is -0.466 e. The second kappa shape index (κ2) is 6.85. The first-order valence-electron chi connectivity index (χ1n) is 4.99. The molecule has 0 aromatic carbocycles. The number of esters is 2. The molecule has 16 heavy (non-hydrogen) atoms. The summed E-state index contributed by atoms with van der Waals surface area (Å²) in [6, 6.07) is 0. The quantitative estimate of drug-likeness (QED) is 0.409. The summed E-state index contributed by atoms with van der Waals surface area (Å²) in [7, 11) is 0. The van der Waals surface area contributed by atoms with Crippen molar-refractivity contribution in [2.75, 3.05) is 6.61 Å². The molecule has 0 radical (unpaired) electrons. The number of ether oxygens (including phenoxy) is 2. The number of hydrogen-bond donors (Lipinski definition) is 1. The molecular weight excluding hydrogens is 212 g/mol. The Labute approximate surface area is 94.7 Å². The van der Waals surface area contributed by atoms with E-state index in [1.807, 2.05) is 6.92 Å². The molecule has 0 bridgehead atoms. The molecule has 5 nitrogen and oxygen atoms in total. The molecule has 0 rings (SSSR count). The topological polar surface area (TPSA) is 72.8 Å². The molecule has 0 spiro atoms. The smallest absolute Gasteiger partial charge is 0.352 e. The molecule has 0 aliphatic rings. The van der Waals surface area contributed by atoms with E-state index in [9.17, 15) is 14.7 Å². The maximum Gasteiger partial charge on any atom is 0.352 e. The van der Waals surface area contributed by atoms with E-state index in [1.165, 1.54) is 0 Å². The fourth-order valence-electron chi connectivity index (χ4n) is 0.898. The molecule has 0 fully saturated rings. The Morgan fingerprint density at radius 3 is 2.62 bits per heavy atom. The summed E-state index contributed by atoms with van der Waals surface area (Å²) in [5.41, 5.74) is -1.95. The second-order valence-corrected chi connectivity index (χ2v) is 3.53. The number of aliphatic hydroxyl groups is 1. The fourth-order valence-corrected chi connectivity index (χ4v) is 0.898. The summed E-state index contributed by atoms with van der Waals surface area (Å²) < 4.78 is 8.95. The van der Waals surface area contributed by atoms with Gasteiger partial charge in [0, 0.05) is 0 Å². The van der Waals surface area contributed by atoms with Crippen LogP contribution in [0.5, 0.6) is 0 Å². The van der Waals surface area contributed by atoms with E-state index in [0.717, 1.165) is 19.8 Å². The van der Waals surface area contributed by atoms with Crippen LogP contribution >= 0.6 is 0 Å². The predicted octanol–water partition coefficient (Wildman–Crippen LogP) is 0.605. The van der Waals surface area contributed by atoms with Gasteiger partial charge >= 0.3 is 11.9 Å². The summed E-state index contributed by atoms with van der Waals surface area (Å²) >= 11 is 0. The first-order valence-corrected chi connectivity index (χ1v) is 4.99. The molecule has 0 aromatic heterocycles. The third-order valence-corrected chi connectivity index (χ3v) is 1.84. The molecule has 90 valence electrons. The van der Waals surface area contributed by atoms with Gasteiger partial charge in [-0.15, -0.1) is 0 Å². The summed E-state index contributed by atoms with van der Waals surface area (Å²) in [4.78, 5) is 22.3. The molecule has 5 heteroatoms. The minimum atomic E-state index is -1.95. The highest BCUT2D eigenvalue weighted by molar-refractivity contribution is 5.85. The number of unbranched alkanes of at least 4 members (excludes halogenated alkanes) is 1. The molecule has 0 amide bonds. The van der Waals surface area contributed by atoms with E-state index in [1.54, 1.807) is 6.11 Å². The zero-order valence-corrected chi connectivity index (χ0v) is 9.49. The highest BCUT2D eigenvalue weighted by atomic mass is 16.5. The maximum absolute atomic E-state index is 11.2. The Kier molecular flexibility index (Phi) is 6.19.